The molecule has 0 saturated carbocycles. The summed E-state index contributed by atoms with van der Waals surface area (Å²) in [7, 11) is 0. The van der Waals surface area contributed by atoms with E-state index in [2.05, 4.69) is 4.98 Å². The highest BCUT2D eigenvalue weighted by Gasteiger charge is 2.35. The average molecular weight is 190 g/mol. The maximum absolute atomic E-state index is 12.5. The van der Waals surface area contributed by atoms with Crippen molar-refractivity contribution in [2.24, 2.45) is 0 Å². The summed E-state index contributed by atoms with van der Waals surface area (Å²) in [6.45, 7) is 0. The zero-order valence-electron chi connectivity index (χ0n) is 6.06. The zero-order valence-corrected chi connectivity index (χ0v) is 6.06. The van der Waals surface area contributed by atoms with Gasteiger partial charge in [-0.3, -0.25) is 0 Å². The molecule has 0 aliphatic carbocycles. The highest BCUT2D eigenvalue weighted by atomic mass is 19.4. The van der Waals surface area contributed by atoms with E-state index in [1.807, 2.05) is 0 Å². The fourth-order valence-electron chi connectivity index (χ4n) is 0.708. The summed E-state index contributed by atoms with van der Waals surface area (Å²) in [6.07, 6.45) is -4.07. The highest BCUT2D eigenvalue weighted by Crippen LogP contribution is 2.30. The Morgan fingerprint density at radius 3 is 2.46 bits per heavy atom. The van der Waals surface area contributed by atoms with Gasteiger partial charge in [-0.05, 0) is 6.07 Å². The number of hydrogen-bond donors (Lipinski definition) is 0. The van der Waals surface area contributed by atoms with Gasteiger partial charge in [0.25, 0.3) is 0 Å². The quantitative estimate of drug-likeness (QED) is 0.464. The van der Waals surface area contributed by atoms with E-state index in [1.165, 1.54) is 6.07 Å². The fraction of sp³-hybridized carbons (Fsp3) is 0.143. The van der Waals surface area contributed by atoms with Gasteiger partial charge < -0.3 is 0 Å². The molecule has 0 N–H and O–H groups in total. The number of halogens is 4. The van der Waals surface area contributed by atoms with Gasteiger partial charge in [-0.1, -0.05) is 0 Å². The molecular formula is C7H2F4N2. The molecular weight excluding hydrogens is 188 g/mol. The molecule has 0 aliphatic heterocycles. The van der Waals surface area contributed by atoms with Crippen molar-refractivity contribution < 1.29 is 17.6 Å². The van der Waals surface area contributed by atoms with Crippen LogP contribution in [0.1, 0.15) is 11.1 Å². The second kappa shape index (κ2) is 3.01. The van der Waals surface area contributed by atoms with E-state index in [0.29, 0.717) is 6.07 Å². The van der Waals surface area contributed by atoms with Crippen LogP contribution >= 0.6 is 0 Å². The number of pyridine rings is 1. The Kier molecular flexibility index (Phi) is 2.19. The van der Waals surface area contributed by atoms with Crippen LogP contribution in [0.2, 0.25) is 0 Å². The van der Waals surface area contributed by atoms with Crippen LogP contribution in [0.25, 0.3) is 0 Å². The molecule has 0 radical (unpaired) electrons. The van der Waals surface area contributed by atoms with E-state index in [9.17, 15) is 17.6 Å². The lowest BCUT2D eigenvalue weighted by Gasteiger charge is -2.06. The highest BCUT2D eigenvalue weighted by molar-refractivity contribution is 5.30. The standard InChI is InChI=1S/C7H2F4N2/c8-6-5(7(9,10)11)1-4(2-12)3-13-6/h1,3H. The minimum absolute atomic E-state index is 0.325. The molecule has 1 heterocycles. The summed E-state index contributed by atoms with van der Waals surface area (Å²) in [5.74, 6) is -1.62. The van der Waals surface area contributed by atoms with Crippen molar-refractivity contribution in [2.75, 3.05) is 0 Å². The topological polar surface area (TPSA) is 36.7 Å². The summed E-state index contributed by atoms with van der Waals surface area (Å²) in [5, 5.41) is 8.24. The van der Waals surface area contributed by atoms with Gasteiger partial charge in [-0.25, -0.2) is 4.98 Å². The van der Waals surface area contributed by atoms with Crippen LogP contribution in [0.15, 0.2) is 12.3 Å². The minimum atomic E-state index is -4.82. The van der Waals surface area contributed by atoms with E-state index in [4.69, 9.17) is 5.26 Å². The fourth-order valence-corrected chi connectivity index (χ4v) is 0.708. The minimum Gasteiger partial charge on any atom is -0.226 e. The number of aromatic nitrogens is 1. The Morgan fingerprint density at radius 1 is 1.38 bits per heavy atom. The van der Waals surface area contributed by atoms with E-state index in [-0.39, 0.29) is 5.56 Å². The second-order valence-corrected chi connectivity index (χ2v) is 2.17. The maximum Gasteiger partial charge on any atom is 0.420 e. The second-order valence-electron chi connectivity index (χ2n) is 2.17. The Labute approximate surface area is 70.4 Å². The third kappa shape index (κ3) is 1.93. The monoisotopic (exact) mass is 190 g/mol. The molecule has 1 rings (SSSR count). The van der Waals surface area contributed by atoms with Crippen molar-refractivity contribution in [3.8, 4) is 6.07 Å². The third-order valence-electron chi connectivity index (χ3n) is 1.27. The molecule has 0 unspecified atom stereocenters. The molecule has 0 aromatic carbocycles. The van der Waals surface area contributed by atoms with Gasteiger partial charge in [0, 0.05) is 6.20 Å². The van der Waals surface area contributed by atoms with Crippen molar-refractivity contribution in [2.45, 2.75) is 6.18 Å². The van der Waals surface area contributed by atoms with Crippen LogP contribution in [0.5, 0.6) is 0 Å². The lowest BCUT2D eigenvalue weighted by atomic mass is 10.2. The van der Waals surface area contributed by atoms with Crippen LogP contribution in [0.3, 0.4) is 0 Å². The largest absolute Gasteiger partial charge is 0.420 e. The van der Waals surface area contributed by atoms with Gasteiger partial charge in [0.05, 0.1) is 5.56 Å². The van der Waals surface area contributed by atoms with Gasteiger partial charge in [-0.2, -0.15) is 22.8 Å². The molecule has 1 aromatic rings. The number of nitrogens with zero attached hydrogens (tertiary/aromatic N) is 2. The van der Waals surface area contributed by atoms with Crippen molar-refractivity contribution in [3.05, 3.63) is 29.3 Å². The zero-order chi connectivity index (χ0) is 10.1. The molecule has 2 nitrogen and oxygen atoms in total. The van der Waals surface area contributed by atoms with Crippen LogP contribution in [0.4, 0.5) is 17.6 Å². The number of rotatable bonds is 0. The lowest BCUT2D eigenvalue weighted by molar-refractivity contribution is -0.140. The molecule has 68 valence electrons. The maximum atomic E-state index is 12.5. The van der Waals surface area contributed by atoms with Crippen LogP contribution in [-0.2, 0) is 6.18 Å². The van der Waals surface area contributed by atoms with Crippen molar-refractivity contribution in [3.63, 3.8) is 0 Å². The molecule has 0 fully saturated rings. The lowest BCUT2D eigenvalue weighted by Crippen LogP contribution is -2.09. The van der Waals surface area contributed by atoms with Crippen LogP contribution < -0.4 is 0 Å². The Morgan fingerprint density at radius 2 is 2.00 bits per heavy atom. The number of hydrogen-bond acceptors (Lipinski definition) is 2. The summed E-state index contributed by atoms with van der Waals surface area (Å²) >= 11 is 0. The molecule has 0 bridgehead atoms. The molecule has 0 spiro atoms. The number of alkyl halides is 3. The molecule has 0 aliphatic rings. The molecule has 0 amide bonds. The van der Waals surface area contributed by atoms with Gasteiger partial charge in [0.15, 0.2) is 0 Å². The Hall–Kier alpha value is -1.64. The third-order valence-corrected chi connectivity index (χ3v) is 1.27. The summed E-state index contributed by atoms with van der Waals surface area (Å²) in [5.41, 5.74) is -1.85. The molecule has 6 heteroatoms. The van der Waals surface area contributed by atoms with Crippen molar-refractivity contribution >= 4 is 0 Å². The van der Waals surface area contributed by atoms with E-state index >= 15 is 0 Å². The summed E-state index contributed by atoms with van der Waals surface area (Å²) < 4.78 is 48.4. The van der Waals surface area contributed by atoms with Gasteiger partial charge in [0.1, 0.15) is 11.6 Å². The average Bonchev–Trinajstić information content (AvgIpc) is 2.03. The SMILES string of the molecule is N#Cc1cnc(F)c(C(F)(F)F)c1. The van der Waals surface area contributed by atoms with E-state index in [0.717, 1.165) is 6.20 Å². The van der Waals surface area contributed by atoms with Crippen LogP contribution in [0, 0.1) is 17.3 Å². The smallest absolute Gasteiger partial charge is 0.226 e. The van der Waals surface area contributed by atoms with E-state index in [1.54, 1.807) is 0 Å². The van der Waals surface area contributed by atoms with Crippen LogP contribution in [-0.4, -0.2) is 4.98 Å². The van der Waals surface area contributed by atoms with Gasteiger partial charge in [-0.15, -0.1) is 0 Å². The molecule has 1 aromatic heterocycles. The predicted octanol–water partition coefficient (Wildman–Crippen LogP) is 2.11. The summed E-state index contributed by atoms with van der Waals surface area (Å²) in [6, 6.07) is 1.86. The van der Waals surface area contributed by atoms with Crippen molar-refractivity contribution in [1.29, 1.82) is 5.26 Å². The number of nitriles is 1. The normalized spacial score (nSPS) is 11.0. The first-order valence-electron chi connectivity index (χ1n) is 3.08. The summed E-state index contributed by atoms with van der Waals surface area (Å²) in [4.78, 5) is 2.81. The van der Waals surface area contributed by atoms with Gasteiger partial charge >= 0.3 is 6.18 Å². The van der Waals surface area contributed by atoms with E-state index < -0.39 is 17.7 Å². The predicted molar refractivity (Wildman–Crippen MR) is 33.9 cm³/mol. The molecule has 0 saturated heterocycles. The first kappa shape index (κ1) is 9.45. The first-order valence-corrected chi connectivity index (χ1v) is 3.08. The van der Waals surface area contributed by atoms with Crippen molar-refractivity contribution in [1.82, 2.24) is 4.98 Å². The molecule has 0 atom stereocenters. The Balaban J connectivity index is 3.29. The first-order chi connectivity index (χ1) is 5.95. The Bertz CT molecular complexity index is 364. The van der Waals surface area contributed by atoms with Gasteiger partial charge in [0.2, 0.25) is 5.95 Å². The molecule has 13 heavy (non-hydrogen) atoms.